The highest BCUT2D eigenvalue weighted by molar-refractivity contribution is 7.89. The van der Waals surface area contributed by atoms with Crippen molar-refractivity contribution in [2.24, 2.45) is 5.92 Å². The molecule has 0 aromatic rings. The van der Waals surface area contributed by atoms with Crippen molar-refractivity contribution in [3.8, 4) is 0 Å². The lowest BCUT2D eigenvalue weighted by Crippen LogP contribution is -2.53. The van der Waals surface area contributed by atoms with E-state index in [0.29, 0.717) is 0 Å². The van der Waals surface area contributed by atoms with E-state index >= 15 is 0 Å². The molecule has 0 aromatic heterocycles. The van der Waals surface area contributed by atoms with E-state index in [1.807, 2.05) is 0 Å². The maximum atomic E-state index is 12.4. The van der Waals surface area contributed by atoms with Crippen molar-refractivity contribution in [3.63, 3.8) is 0 Å². The average molecular weight is 291 g/mol. The Kier molecular flexibility index (Phi) is 4.81. The second-order valence-corrected chi connectivity index (χ2v) is 7.29. The third-order valence-electron chi connectivity index (χ3n) is 3.89. The predicted molar refractivity (Wildman–Crippen MR) is 69.3 cm³/mol. The highest BCUT2D eigenvalue weighted by Crippen LogP contribution is 2.26. The smallest absolute Gasteiger partial charge is 0.324 e. The number of morpholine rings is 1. The van der Waals surface area contributed by atoms with Crippen LogP contribution in [-0.2, 0) is 19.6 Å². The van der Waals surface area contributed by atoms with Crippen molar-refractivity contribution in [2.45, 2.75) is 38.1 Å². The molecule has 7 heteroatoms. The van der Waals surface area contributed by atoms with Gasteiger partial charge in [0.05, 0.1) is 19.0 Å². The molecule has 2 rings (SSSR count). The van der Waals surface area contributed by atoms with Gasteiger partial charge in [-0.05, 0) is 18.8 Å². The van der Waals surface area contributed by atoms with Gasteiger partial charge in [0, 0.05) is 6.54 Å². The van der Waals surface area contributed by atoms with E-state index in [2.05, 4.69) is 0 Å². The average Bonchev–Trinajstić information content (AvgIpc) is 2.39. The maximum Gasteiger partial charge on any atom is 0.324 e. The van der Waals surface area contributed by atoms with E-state index in [4.69, 9.17) is 9.84 Å². The topological polar surface area (TPSA) is 83.9 Å². The van der Waals surface area contributed by atoms with Gasteiger partial charge in [0.25, 0.3) is 0 Å². The monoisotopic (exact) mass is 291 g/mol. The largest absolute Gasteiger partial charge is 0.480 e. The summed E-state index contributed by atoms with van der Waals surface area (Å²) in [5.41, 5.74) is 0. The Bertz CT molecular complexity index is 416. The molecule has 1 atom stereocenters. The van der Waals surface area contributed by atoms with Gasteiger partial charge in [-0.15, -0.1) is 0 Å². The van der Waals surface area contributed by atoms with Crippen LogP contribution in [0.15, 0.2) is 0 Å². The standard InChI is InChI=1S/C12H21NO5S/c14-12(15)11-8-18-7-6-13(11)19(16,17)9-10-4-2-1-3-5-10/h10-11H,1-9H2,(H,14,15). The van der Waals surface area contributed by atoms with Crippen LogP contribution in [0.4, 0.5) is 0 Å². The Balaban J connectivity index is 2.05. The molecule has 1 saturated carbocycles. The van der Waals surface area contributed by atoms with Gasteiger partial charge in [0.1, 0.15) is 6.04 Å². The molecule has 110 valence electrons. The molecule has 2 aliphatic rings. The lowest BCUT2D eigenvalue weighted by atomic mass is 9.91. The van der Waals surface area contributed by atoms with Crippen LogP contribution in [0.5, 0.6) is 0 Å². The molecule has 1 N–H and O–H groups in total. The first-order chi connectivity index (χ1) is 9.00. The van der Waals surface area contributed by atoms with Crippen molar-refractivity contribution >= 4 is 16.0 Å². The van der Waals surface area contributed by atoms with Crippen LogP contribution in [-0.4, -0.2) is 55.4 Å². The van der Waals surface area contributed by atoms with Crippen molar-refractivity contribution in [3.05, 3.63) is 0 Å². The predicted octanol–water partition coefficient (Wildman–Crippen LogP) is 0.682. The fourth-order valence-corrected chi connectivity index (χ4v) is 4.88. The Hall–Kier alpha value is -0.660. The zero-order valence-electron chi connectivity index (χ0n) is 11.0. The van der Waals surface area contributed by atoms with Gasteiger partial charge in [-0.25, -0.2) is 8.42 Å². The highest BCUT2D eigenvalue weighted by Gasteiger charge is 2.38. The molecule has 1 heterocycles. The lowest BCUT2D eigenvalue weighted by Gasteiger charge is -2.33. The second-order valence-electron chi connectivity index (χ2n) is 5.32. The molecule has 0 spiro atoms. The van der Waals surface area contributed by atoms with Crippen molar-refractivity contribution in [1.29, 1.82) is 0 Å². The number of carboxylic acids is 1. The van der Waals surface area contributed by atoms with Crippen molar-refractivity contribution < 1.29 is 23.1 Å². The molecule has 1 aliphatic carbocycles. The van der Waals surface area contributed by atoms with E-state index in [-0.39, 0.29) is 31.4 Å². The van der Waals surface area contributed by atoms with Gasteiger partial charge in [0.15, 0.2) is 0 Å². The number of sulfonamides is 1. The molecular formula is C12H21NO5S. The van der Waals surface area contributed by atoms with Gasteiger partial charge in [0.2, 0.25) is 10.0 Å². The number of hydrogen-bond acceptors (Lipinski definition) is 4. The molecule has 1 aliphatic heterocycles. The van der Waals surface area contributed by atoms with Crippen LogP contribution < -0.4 is 0 Å². The molecule has 19 heavy (non-hydrogen) atoms. The van der Waals surface area contributed by atoms with Gasteiger partial charge in [-0.3, -0.25) is 4.79 Å². The minimum absolute atomic E-state index is 0.0563. The summed E-state index contributed by atoms with van der Waals surface area (Å²) >= 11 is 0. The summed E-state index contributed by atoms with van der Waals surface area (Å²) in [7, 11) is -3.50. The highest BCUT2D eigenvalue weighted by atomic mass is 32.2. The van der Waals surface area contributed by atoms with E-state index in [1.165, 1.54) is 6.42 Å². The Morgan fingerprint density at radius 1 is 1.26 bits per heavy atom. The van der Waals surface area contributed by atoms with E-state index in [0.717, 1.165) is 30.0 Å². The van der Waals surface area contributed by atoms with Gasteiger partial charge in [-0.1, -0.05) is 19.3 Å². The normalized spacial score (nSPS) is 27.3. The minimum atomic E-state index is -3.50. The second kappa shape index (κ2) is 6.19. The van der Waals surface area contributed by atoms with Crippen LogP contribution >= 0.6 is 0 Å². The van der Waals surface area contributed by atoms with Gasteiger partial charge >= 0.3 is 5.97 Å². The van der Waals surface area contributed by atoms with Gasteiger partial charge < -0.3 is 9.84 Å². The molecule has 0 bridgehead atoms. The summed E-state index contributed by atoms with van der Waals surface area (Å²) in [4.78, 5) is 11.1. The summed E-state index contributed by atoms with van der Waals surface area (Å²) < 4.78 is 30.9. The molecule has 0 radical (unpaired) electrons. The number of rotatable bonds is 4. The third kappa shape index (κ3) is 3.67. The van der Waals surface area contributed by atoms with E-state index in [9.17, 15) is 13.2 Å². The lowest BCUT2D eigenvalue weighted by molar-refractivity contribution is -0.146. The van der Waals surface area contributed by atoms with E-state index < -0.39 is 22.0 Å². The molecule has 2 fully saturated rings. The minimum Gasteiger partial charge on any atom is -0.480 e. The summed E-state index contributed by atoms with van der Waals surface area (Å²) in [6.45, 7) is 0.360. The number of nitrogens with zero attached hydrogens (tertiary/aromatic N) is 1. The number of ether oxygens (including phenoxy) is 1. The first kappa shape index (κ1) is 14.7. The number of aliphatic carboxylic acids is 1. The zero-order valence-corrected chi connectivity index (χ0v) is 11.8. The van der Waals surface area contributed by atoms with Gasteiger partial charge in [-0.2, -0.15) is 4.31 Å². The summed E-state index contributed by atoms with van der Waals surface area (Å²) in [6.07, 6.45) is 5.19. The fraction of sp³-hybridized carbons (Fsp3) is 0.917. The SMILES string of the molecule is O=C(O)C1COCCN1S(=O)(=O)CC1CCCCC1. The van der Waals surface area contributed by atoms with Crippen LogP contribution in [0, 0.1) is 5.92 Å². The Morgan fingerprint density at radius 2 is 1.95 bits per heavy atom. The first-order valence-electron chi connectivity index (χ1n) is 6.81. The third-order valence-corrected chi connectivity index (χ3v) is 5.94. The number of carboxylic acid groups (broad SMARTS) is 1. The summed E-state index contributed by atoms with van der Waals surface area (Å²) in [5.74, 6) is -0.875. The fourth-order valence-electron chi connectivity index (χ4n) is 2.86. The number of carbonyl (C=O) groups is 1. The van der Waals surface area contributed by atoms with Crippen LogP contribution in [0.2, 0.25) is 0 Å². The van der Waals surface area contributed by atoms with Crippen LogP contribution in [0.25, 0.3) is 0 Å². The van der Waals surface area contributed by atoms with E-state index in [1.54, 1.807) is 0 Å². The van der Waals surface area contributed by atoms with Crippen molar-refractivity contribution in [1.82, 2.24) is 4.31 Å². The molecule has 1 unspecified atom stereocenters. The summed E-state index contributed by atoms with van der Waals surface area (Å²) in [5, 5.41) is 9.09. The summed E-state index contributed by atoms with van der Waals surface area (Å²) in [6, 6.07) is -1.07. The Morgan fingerprint density at radius 3 is 2.58 bits per heavy atom. The maximum absolute atomic E-state index is 12.4. The molecule has 1 saturated heterocycles. The zero-order chi connectivity index (χ0) is 13.9. The van der Waals surface area contributed by atoms with Crippen LogP contribution in [0.1, 0.15) is 32.1 Å². The van der Waals surface area contributed by atoms with Crippen LogP contribution in [0.3, 0.4) is 0 Å². The Labute approximate surface area is 113 Å². The molecule has 0 amide bonds. The quantitative estimate of drug-likeness (QED) is 0.823. The first-order valence-corrected chi connectivity index (χ1v) is 8.41. The molecule has 0 aromatic carbocycles. The van der Waals surface area contributed by atoms with Crippen molar-refractivity contribution in [2.75, 3.05) is 25.5 Å². The molecule has 6 nitrogen and oxygen atoms in total. The molecular weight excluding hydrogens is 270 g/mol. The number of hydrogen-bond donors (Lipinski definition) is 1.